The zero-order valence-corrected chi connectivity index (χ0v) is 17.7. The molecule has 152 valence electrons. The summed E-state index contributed by atoms with van der Waals surface area (Å²) in [4.78, 5) is 14.2. The normalized spacial score (nSPS) is 18.3. The third kappa shape index (κ3) is 7.92. The van der Waals surface area contributed by atoms with E-state index in [0.717, 1.165) is 44.8 Å². The van der Waals surface area contributed by atoms with Crippen molar-refractivity contribution in [2.45, 2.75) is 65.2 Å². The number of hydrogen-bond donors (Lipinski definition) is 1. The highest BCUT2D eigenvalue weighted by Crippen LogP contribution is 2.24. The van der Waals surface area contributed by atoms with Gasteiger partial charge in [-0.15, -0.1) is 0 Å². The molecule has 1 amide bonds. The maximum absolute atomic E-state index is 11.6. The largest absolute Gasteiger partial charge is 0.494 e. The fourth-order valence-electron chi connectivity index (χ4n) is 3.62. The molecule has 1 N–H and O–H groups in total. The molecule has 1 unspecified atom stereocenters. The number of likely N-dealkylation sites (tertiary alicyclic amines) is 1. The number of carbonyl (C=O) groups excluding carboxylic acids is 1. The van der Waals surface area contributed by atoms with Gasteiger partial charge in [-0.05, 0) is 61.3 Å². The molecule has 1 heterocycles. The van der Waals surface area contributed by atoms with E-state index >= 15 is 0 Å². The fraction of sp³-hybridized carbons (Fsp3) is 0.696. The number of amides is 1. The van der Waals surface area contributed by atoms with Gasteiger partial charge in [-0.2, -0.15) is 0 Å². The lowest BCUT2D eigenvalue weighted by molar-refractivity contribution is -0.121. The fourth-order valence-corrected chi connectivity index (χ4v) is 3.62. The molecule has 0 spiro atoms. The van der Waals surface area contributed by atoms with Crippen LogP contribution in [0.15, 0.2) is 24.3 Å². The van der Waals surface area contributed by atoms with Crippen LogP contribution in [0.4, 0.5) is 0 Å². The average molecular weight is 375 g/mol. The number of piperidine rings is 1. The zero-order valence-electron chi connectivity index (χ0n) is 17.7. The Morgan fingerprint density at radius 2 is 2.00 bits per heavy atom. The molecule has 1 saturated heterocycles. The van der Waals surface area contributed by atoms with Gasteiger partial charge in [0, 0.05) is 26.1 Å². The highest BCUT2D eigenvalue weighted by Gasteiger charge is 2.20. The minimum absolute atomic E-state index is 0.180. The topological polar surface area (TPSA) is 41.6 Å². The van der Waals surface area contributed by atoms with Crippen molar-refractivity contribution < 1.29 is 9.53 Å². The molecule has 4 heteroatoms. The van der Waals surface area contributed by atoms with Crippen molar-refractivity contribution in [3.63, 3.8) is 0 Å². The Bertz CT molecular complexity index is 563. The van der Waals surface area contributed by atoms with Gasteiger partial charge in [0.2, 0.25) is 5.91 Å². The second-order valence-electron chi connectivity index (χ2n) is 8.84. The molecule has 0 bridgehead atoms. The molecule has 1 atom stereocenters. The van der Waals surface area contributed by atoms with Gasteiger partial charge in [0.25, 0.3) is 0 Å². The van der Waals surface area contributed by atoms with E-state index in [9.17, 15) is 4.79 Å². The van der Waals surface area contributed by atoms with Gasteiger partial charge in [0.15, 0.2) is 0 Å². The maximum atomic E-state index is 11.6. The van der Waals surface area contributed by atoms with Crippen LogP contribution in [0.3, 0.4) is 0 Å². The second-order valence-corrected chi connectivity index (χ2v) is 8.84. The average Bonchev–Trinajstić information content (AvgIpc) is 2.64. The predicted molar refractivity (Wildman–Crippen MR) is 112 cm³/mol. The first-order valence-corrected chi connectivity index (χ1v) is 10.6. The van der Waals surface area contributed by atoms with Crippen LogP contribution >= 0.6 is 0 Å². The number of hydrogen-bond acceptors (Lipinski definition) is 3. The predicted octanol–water partition coefficient (Wildman–Crippen LogP) is 4.38. The molecule has 27 heavy (non-hydrogen) atoms. The third-order valence-corrected chi connectivity index (χ3v) is 5.28. The van der Waals surface area contributed by atoms with Gasteiger partial charge >= 0.3 is 0 Å². The van der Waals surface area contributed by atoms with Crippen LogP contribution in [0.2, 0.25) is 0 Å². The Labute approximate surface area is 165 Å². The zero-order chi connectivity index (χ0) is 19.7. The minimum Gasteiger partial charge on any atom is -0.494 e. The van der Waals surface area contributed by atoms with E-state index in [-0.39, 0.29) is 11.3 Å². The smallest absolute Gasteiger partial charge is 0.219 e. The molecular weight excluding hydrogens is 336 g/mol. The summed E-state index contributed by atoms with van der Waals surface area (Å²) >= 11 is 0. The Kier molecular flexibility index (Phi) is 8.62. The molecule has 1 aliphatic heterocycles. The summed E-state index contributed by atoms with van der Waals surface area (Å²) in [6.45, 7) is 13.6. The van der Waals surface area contributed by atoms with Gasteiger partial charge in [0.1, 0.15) is 5.75 Å². The molecule has 1 fully saturated rings. The Hall–Kier alpha value is -1.55. The summed E-state index contributed by atoms with van der Waals surface area (Å²) in [5.41, 5.74) is 1.51. The lowest BCUT2D eigenvalue weighted by atomic mass is 9.87. The van der Waals surface area contributed by atoms with Crippen molar-refractivity contribution in [2.24, 2.45) is 5.92 Å². The van der Waals surface area contributed by atoms with Crippen LogP contribution in [0.5, 0.6) is 5.75 Å². The number of benzene rings is 1. The lowest BCUT2D eigenvalue weighted by Gasteiger charge is -2.32. The van der Waals surface area contributed by atoms with Crippen molar-refractivity contribution in [3.8, 4) is 5.75 Å². The lowest BCUT2D eigenvalue weighted by Crippen LogP contribution is -2.41. The van der Waals surface area contributed by atoms with E-state index in [1.54, 1.807) is 0 Å². The van der Waals surface area contributed by atoms with E-state index < -0.39 is 0 Å². The second kappa shape index (κ2) is 10.7. The molecule has 0 radical (unpaired) electrons. The Morgan fingerprint density at radius 3 is 2.67 bits per heavy atom. The molecule has 4 nitrogen and oxygen atoms in total. The van der Waals surface area contributed by atoms with Crippen LogP contribution in [-0.2, 0) is 10.2 Å². The molecule has 0 aromatic heterocycles. The minimum atomic E-state index is 0.180. The molecule has 0 aliphatic carbocycles. The summed E-state index contributed by atoms with van der Waals surface area (Å²) in [6.07, 6.45) is 5.05. The van der Waals surface area contributed by atoms with Crippen molar-refractivity contribution in [2.75, 3.05) is 32.8 Å². The Morgan fingerprint density at radius 1 is 1.26 bits per heavy atom. The molecule has 1 aromatic carbocycles. The van der Waals surface area contributed by atoms with Crippen LogP contribution in [0.25, 0.3) is 0 Å². The van der Waals surface area contributed by atoms with E-state index in [1.807, 2.05) is 6.92 Å². The highest BCUT2D eigenvalue weighted by molar-refractivity contribution is 5.75. The summed E-state index contributed by atoms with van der Waals surface area (Å²) in [5, 5.41) is 3.09. The van der Waals surface area contributed by atoms with Crippen molar-refractivity contribution in [1.82, 2.24) is 10.2 Å². The highest BCUT2D eigenvalue weighted by atomic mass is 16.5. The van der Waals surface area contributed by atoms with Crippen LogP contribution in [0.1, 0.15) is 65.4 Å². The van der Waals surface area contributed by atoms with Crippen LogP contribution in [0, 0.1) is 5.92 Å². The summed E-state index contributed by atoms with van der Waals surface area (Å²) in [5.74, 6) is 1.74. The first-order chi connectivity index (χ1) is 12.9. The molecule has 1 aromatic rings. The molecule has 1 aliphatic rings. The van der Waals surface area contributed by atoms with E-state index in [1.165, 1.54) is 24.9 Å². The standard InChI is InChI=1S/C23H38N2O2/c1-5-8-22(26)24-17-19-9-6-14-25(18-19)15-7-16-27-21-12-10-20(11-13-21)23(2,3)4/h10-13,19H,5-9,14-18H2,1-4H3,(H,24,26). The number of nitrogens with one attached hydrogen (secondary N) is 1. The van der Waals surface area contributed by atoms with E-state index in [0.29, 0.717) is 12.3 Å². The first kappa shape index (κ1) is 21.7. The van der Waals surface area contributed by atoms with Gasteiger partial charge in [-0.1, -0.05) is 39.8 Å². The van der Waals surface area contributed by atoms with Gasteiger partial charge in [-0.3, -0.25) is 4.79 Å². The quantitative estimate of drug-likeness (QED) is 0.652. The van der Waals surface area contributed by atoms with Crippen LogP contribution < -0.4 is 10.1 Å². The van der Waals surface area contributed by atoms with Gasteiger partial charge < -0.3 is 15.0 Å². The third-order valence-electron chi connectivity index (χ3n) is 5.28. The maximum Gasteiger partial charge on any atom is 0.219 e. The van der Waals surface area contributed by atoms with Gasteiger partial charge in [-0.25, -0.2) is 0 Å². The van der Waals surface area contributed by atoms with E-state index in [4.69, 9.17) is 4.74 Å². The molecule has 0 saturated carbocycles. The SMILES string of the molecule is CCCC(=O)NCC1CCCN(CCCOc2ccc(C(C)(C)C)cc2)C1. The van der Waals surface area contributed by atoms with E-state index in [2.05, 4.69) is 55.3 Å². The number of nitrogens with zero attached hydrogens (tertiary/aromatic N) is 1. The summed E-state index contributed by atoms with van der Waals surface area (Å²) < 4.78 is 5.91. The van der Waals surface area contributed by atoms with Crippen molar-refractivity contribution in [1.29, 1.82) is 0 Å². The van der Waals surface area contributed by atoms with Crippen molar-refractivity contribution >= 4 is 5.91 Å². The monoisotopic (exact) mass is 374 g/mol. The number of rotatable bonds is 9. The van der Waals surface area contributed by atoms with Crippen LogP contribution in [-0.4, -0.2) is 43.6 Å². The van der Waals surface area contributed by atoms with Gasteiger partial charge in [0.05, 0.1) is 6.61 Å². The first-order valence-electron chi connectivity index (χ1n) is 10.6. The number of carbonyl (C=O) groups is 1. The molecule has 2 rings (SSSR count). The number of ether oxygens (including phenoxy) is 1. The molecular formula is C23H38N2O2. The van der Waals surface area contributed by atoms with Crippen molar-refractivity contribution in [3.05, 3.63) is 29.8 Å². The summed E-state index contributed by atoms with van der Waals surface area (Å²) in [7, 11) is 0. The summed E-state index contributed by atoms with van der Waals surface area (Å²) in [6, 6.07) is 8.49. The Balaban J connectivity index is 1.64.